The summed E-state index contributed by atoms with van der Waals surface area (Å²) in [5.41, 5.74) is 1.81. The minimum Gasteiger partial charge on any atom is -0.488 e. The van der Waals surface area contributed by atoms with E-state index < -0.39 is 6.03 Å². The first kappa shape index (κ1) is 30.0. The number of benzene rings is 2. The lowest BCUT2D eigenvalue weighted by molar-refractivity contribution is -0.134. The average molecular weight is 581 g/mol. The van der Waals surface area contributed by atoms with Crippen LogP contribution in [0.25, 0.3) is 0 Å². The molecule has 42 heavy (non-hydrogen) atoms. The molecule has 0 bridgehead atoms. The maximum atomic E-state index is 13.5. The molecular weight excluding hydrogens is 536 g/mol. The molecule has 2 aromatic rings. The second-order valence-electron chi connectivity index (χ2n) is 12.1. The Morgan fingerprint density at radius 3 is 2.45 bits per heavy atom. The van der Waals surface area contributed by atoms with Crippen LogP contribution in [0, 0.1) is 11.8 Å². The van der Waals surface area contributed by atoms with Crippen molar-refractivity contribution >= 4 is 23.3 Å². The highest BCUT2D eigenvalue weighted by Gasteiger charge is 2.31. The minimum atomic E-state index is -0.421. The molecule has 3 atom stereocenters. The van der Waals surface area contributed by atoms with E-state index in [0.717, 1.165) is 13.1 Å². The molecular formula is C32H44N4O6. The zero-order valence-corrected chi connectivity index (χ0v) is 24.9. The van der Waals surface area contributed by atoms with Gasteiger partial charge in [-0.1, -0.05) is 26.2 Å². The highest BCUT2D eigenvalue weighted by molar-refractivity contribution is 6.00. The van der Waals surface area contributed by atoms with Crippen molar-refractivity contribution in [2.24, 2.45) is 11.8 Å². The van der Waals surface area contributed by atoms with Crippen LogP contribution in [0.2, 0.25) is 0 Å². The summed E-state index contributed by atoms with van der Waals surface area (Å²) in [5.74, 6) is 2.55. The Hall–Kier alpha value is -3.50. The zero-order valence-electron chi connectivity index (χ0n) is 24.9. The predicted molar refractivity (Wildman–Crippen MR) is 161 cm³/mol. The summed E-state index contributed by atoms with van der Waals surface area (Å²) >= 11 is 0. The van der Waals surface area contributed by atoms with Gasteiger partial charge in [-0.15, -0.1) is 0 Å². The summed E-state index contributed by atoms with van der Waals surface area (Å²) in [4.78, 5) is 30.5. The number of rotatable bonds is 8. The van der Waals surface area contributed by atoms with Gasteiger partial charge in [0.25, 0.3) is 0 Å². The summed E-state index contributed by atoms with van der Waals surface area (Å²) in [7, 11) is 2.16. The Morgan fingerprint density at radius 2 is 1.71 bits per heavy atom. The first-order valence-electron chi connectivity index (χ1n) is 15.1. The first-order chi connectivity index (χ1) is 20.3. The molecule has 1 aliphatic carbocycles. The Kier molecular flexibility index (Phi) is 9.74. The smallest absolute Gasteiger partial charge is 0.323 e. The summed E-state index contributed by atoms with van der Waals surface area (Å²) in [5, 5.41) is 15.6. The van der Waals surface area contributed by atoms with Gasteiger partial charge < -0.3 is 39.8 Å². The number of aliphatic hydroxyl groups excluding tert-OH is 1. The molecule has 2 aromatic carbocycles. The third kappa shape index (κ3) is 7.46. The molecule has 0 radical (unpaired) electrons. The van der Waals surface area contributed by atoms with E-state index in [1.807, 2.05) is 13.0 Å². The molecule has 228 valence electrons. The van der Waals surface area contributed by atoms with Crippen molar-refractivity contribution in [2.45, 2.75) is 64.5 Å². The van der Waals surface area contributed by atoms with E-state index in [2.05, 4.69) is 29.5 Å². The Labute approximate surface area is 248 Å². The van der Waals surface area contributed by atoms with Crippen molar-refractivity contribution in [2.75, 3.05) is 50.7 Å². The number of fused-ring (bicyclic) bond motifs is 2. The largest absolute Gasteiger partial charge is 0.488 e. The number of hydrogen-bond acceptors (Lipinski definition) is 7. The number of nitrogens with one attached hydrogen (secondary N) is 2. The number of hydrogen-bond donors (Lipinski definition) is 3. The fourth-order valence-electron chi connectivity index (χ4n) is 6.19. The van der Waals surface area contributed by atoms with E-state index in [1.54, 1.807) is 35.2 Å². The van der Waals surface area contributed by atoms with E-state index in [1.165, 1.54) is 32.1 Å². The van der Waals surface area contributed by atoms with Crippen LogP contribution in [-0.2, 0) is 11.2 Å². The van der Waals surface area contributed by atoms with E-state index in [9.17, 15) is 14.7 Å². The van der Waals surface area contributed by atoms with Gasteiger partial charge in [-0.25, -0.2) is 4.79 Å². The SMILES string of the molecule is C[C@H]1CN([C@@H](C)CO)C(=O)Cc2cc(NC(=O)Nc3ccc4c(c3)OCO4)ccc2O[C@H]1CN(C)CC1CCCCC1. The summed E-state index contributed by atoms with van der Waals surface area (Å²) in [6, 6.07) is 9.90. The lowest BCUT2D eigenvalue weighted by atomic mass is 9.89. The molecule has 0 saturated heterocycles. The van der Waals surface area contributed by atoms with Crippen LogP contribution in [0.5, 0.6) is 17.2 Å². The van der Waals surface area contributed by atoms with Gasteiger partial charge >= 0.3 is 6.03 Å². The molecule has 5 rings (SSSR count). The Bertz CT molecular complexity index is 1250. The van der Waals surface area contributed by atoms with E-state index >= 15 is 0 Å². The molecule has 1 fully saturated rings. The van der Waals surface area contributed by atoms with Gasteiger partial charge in [0.15, 0.2) is 11.5 Å². The quantitative estimate of drug-likeness (QED) is 0.414. The molecule has 3 aliphatic rings. The molecule has 0 unspecified atom stereocenters. The zero-order chi connectivity index (χ0) is 29.6. The van der Waals surface area contributed by atoms with Crippen LogP contribution in [0.3, 0.4) is 0 Å². The molecule has 10 heteroatoms. The Balaban J connectivity index is 1.32. The number of urea groups is 1. The second kappa shape index (κ2) is 13.6. The maximum absolute atomic E-state index is 13.5. The summed E-state index contributed by atoms with van der Waals surface area (Å²) in [6.45, 7) is 6.31. The van der Waals surface area contributed by atoms with Crippen LogP contribution in [-0.4, -0.2) is 79.1 Å². The van der Waals surface area contributed by atoms with Crippen molar-refractivity contribution < 1.29 is 28.9 Å². The van der Waals surface area contributed by atoms with Crippen LogP contribution >= 0.6 is 0 Å². The number of nitrogens with zero attached hydrogens (tertiary/aromatic N) is 2. The number of carbonyl (C=O) groups excluding carboxylic acids is 2. The fourth-order valence-corrected chi connectivity index (χ4v) is 6.19. The van der Waals surface area contributed by atoms with Crippen molar-refractivity contribution in [1.82, 2.24) is 9.80 Å². The van der Waals surface area contributed by atoms with E-state index in [0.29, 0.717) is 46.6 Å². The topological polar surface area (TPSA) is 113 Å². The number of anilines is 2. The first-order valence-corrected chi connectivity index (χ1v) is 15.1. The molecule has 2 heterocycles. The lowest BCUT2D eigenvalue weighted by Gasteiger charge is -2.35. The average Bonchev–Trinajstić information content (AvgIpc) is 3.45. The van der Waals surface area contributed by atoms with Crippen molar-refractivity contribution in [1.29, 1.82) is 0 Å². The lowest BCUT2D eigenvalue weighted by Crippen LogP contribution is -2.48. The minimum absolute atomic E-state index is 0.0491. The van der Waals surface area contributed by atoms with Gasteiger partial charge in [0, 0.05) is 48.6 Å². The van der Waals surface area contributed by atoms with Crippen LogP contribution < -0.4 is 24.8 Å². The van der Waals surface area contributed by atoms with Gasteiger partial charge in [-0.05, 0) is 63.1 Å². The standard InChI is InChI=1S/C32H44N4O6/c1-21-16-36(22(2)19-37)31(38)14-24-13-25(33-32(39)34-26-10-12-28-29(15-26)41-20-40-28)9-11-27(24)42-30(21)18-35(3)17-23-7-5-4-6-8-23/h9-13,15,21-23,30,37H,4-8,14,16-20H2,1-3H3,(H2,33,34,39)/t21-,22-,30-/m0/s1. The third-order valence-corrected chi connectivity index (χ3v) is 8.59. The van der Waals surface area contributed by atoms with E-state index in [4.69, 9.17) is 14.2 Å². The van der Waals surface area contributed by atoms with Gasteiger partial charge in [0.05, 0.1) is 19.1 Å². The normalized spacial score (nSPS) is 21.5. The third-order valence-electron chi connectivity index (χ3n) is 8.59. The fraction of sp³-hybridized carbons (Fsp3) is 0.562. The van der Waals surface area contributed by atoms with Gasteiger partial charge in [0.2, 0.25) is 12.7 Å². The molecule has 0 spiro atoms. The maximum Gasteiger partial charge on any atom is 0.323 e. The molecule has 0 aromatic heterocycles. The highest BCUT2D eigenvalue weighted by atomic mass is 16.7. The van der Waals surface area contributed by atoms with Gasteiger partial charge in [-0.3, -0.25) is 4.79 Å². The monoisotopic (exact) mass is 580 g/mol. The number of aliphatic hydroxyl groups is 1. The van der Waals surface area contributed by atoms with Crippen molar-refractivity contribution in [3.63, 3.8) is 0 Å². The highest BCUT2D eigenvalue weighted by Crippen LogP contribution is 2.34. The predicted octanol–water partition coefficient (Wildman–Crippen LogP) is 4.72. The van der Waals surface area contributed by atoms with Crippen LogP contribution in [0.15, 0.2) is 36.4 Å². The number of likely N-dealkylation sites (N-methyl/N-ethyl adjacent to an activating group) is 1. The molecule has 3 amide bonds. The van der Waals surface area contributed by atoms with Crippen molar-refractivity contribution in [3.8, 4) is 17.2 Å². The summed E-state index contributed by atoms with van der Waals surface area (Å²) in [6.07, 6.45) is 6.47. The van der Waals surface area contributed by atoms with Gasteiger partial charge in [0.1, 0.15) is 11.9 Å². The summed E-state index contributed by atoms with van der Waals surface area (Å²) < 4.78 is 17.4. The van der Waals surface area contributed by atoms with Crippen LogP contribution in [0.4, 0.5) is 16.2 Å². The number of amides is 3. The number of ether oxygens (including phenoxy) is 3. The molecule has 10 nitrogen and oxygen atoms in total. The van der Waals surface area contributed by atoms with Crippen LogP contribution in [0.1, 0.15) is 51.5 Å². The molecule has 1 saturated carbocycles. The molecule has 3 N–H and O–H groups in total. The van der Waals surface area contributed by atoms with Gasteiger partial charge in [-0.2, -0.15) is 0 Å². The van der Waals surface area contributed by atoms with E-state index in [-0.39, 0.29) is 43.8 Å². The molecule has 2 aliphatic heterocycles. The Morgan fingerprint density at radius 1 is 1.02 bits per heavy atom. The second-order valence-corrected chi connectivity index (χ2v) is 12.1. The van der Waals surface area contributed by atoms with Crippen molar-refractivity contribution in [3.05, 3.63) is 42.0 Å². The number of carbonyl (C=O) groups is 2.